The van der Waals surface area contributed by atoms with Crippen molar-refractivity contribution in [1.29, 1.82) is 0 Å². The summed E-state index contributed by atoms with van der Waals surface area (Å²) in [7, 11) is 0. The molecule has 0 amide bonds. The number of halogens is 1. The van der Waals surface area contributed by atoms with Gasteiger partial charge in [-0.05, 0) is 27.8 Å². The minimum atomic E-state index is 0.550. The van der Waals surface area contributed by atoms with E-state index in [4.69, 9.17) is 11.6 Å². The lowest BCUT2D eigenvalue weighted by molar-refractivity contribution is 1.11. The predicted octanol–water partition coefficient (Wildman–Crippen LogP) is 5.63. The standard InChI is InChI=1S/C20H14ClN/c21-20-13-16-7-2-4-11-18(16)19(22-20)12-15-9-5-8-14-6-1-3-10-17(14)15/h1-11,13H,12H2. The van der Waals surface area contributed by atoms with Gasteiger partial charge in [0.05, 0.1) is 5.69 Å². The molecule has 0 bridgehead atoms. The summed E-state index contributed by atoms with van der Waals surface area (Å²) in [5.41, 5.74) is 2.30. The van der Waals surface area contributed by atoms with E-state index in [9.17, 15) is 0 Å². The van der Waals surface area contributed by atoms with Crippen LogP contribution in [0.3, 0.4) is 0 Å². The Kier molecular flexibility index (Phi) is 3.28. The number of hydrogen-bond acceptors (Lipinski definition) is 1. The fourth-order valence-electron chi connectivity index (χ4n) is 3.00. The van der Waals surface area contributed by atoms with Crippen LogP contribution in [-0.2, 0) is 6.42 Å². The Morgan fingerprint density at radius 2 is 1.41 bits per heavy atom. The molecule has 0 aliphatic carbocycles. The highest BCUT2D eigenvalue weighted by Gasteiger charge is 2.08. The number of hydrogen-bond donors (Lipinski definition) is 0. The highest BCUT2D eigenvalue weighted by Crippen LogP contribution is 2.26. The minimum absolute atomic E-state index is 0.550. The zero-order valence-electron chi connectivity index (χ0n) is 12.0. The van der Waals surface area contributed by atoms with Crippen LogP contribution >= 0.6 is 11.6 Å². The third-order valence-electron chi connectivity index (χ3n) is 4.03. The second kappa shape index (κ2) is 5.43. The first-order chi connectivity index (χ1) is 10.8. The Morgan fingerprint density at radius 3 is 2.27 bits per heavy atom. The van der Waals surface area contributed by atoms with E-state index >= 15 is 0 Å². The fourth-order valence-corrected chi connectivity index (χ4v) is 3.22. The highest BCUT2D eigenvalue weighted by molar-refractivity contribution is 6.30. The molecule has 0 saturated heterocycles. The van der Waals surface area contributed by atoms with Crippen LogP contribution in [0.5, 0.6) is 0 Å². The van der Waals surface area contributed by atoms with Crippen LogP contribution in [0.15, 0.2) is 72.8 Å². The van der Waals surface area contributed by atoms with Crippen molar-refractivity contribution in [3.05, 3.63) is 89.2 Å². The van der Waals surface area contributed by atoms with Crippen molar-refractivity contribution in [1.82, 2.24) is 4.98 Å². The fraction of sp³-hybridized carbons (Fsp3) is 0.0500. The van der Waals surface area contributed by atoms with Crippen LogP contribution in [0, 0.1) is 0 Å². The topological polar surface area (TPSA) is 12.9 Å². The maximum Gasteiger partial charge on any atom is 0.129 e. The van der Waals surface area contributed by atoms with Gasteiger partial charge in [-0.3, -0.25) is 0 Å². The summed E-state index contributed by atoms with van der Waals surface area (Å²) in [6, 6.07) is 25.0. The first-order valence-corrected chi connectivity index (χ1v) is 7.70. The molecule has 2 heteroatoms. The van der Waals surface area contributed by atoms with Gasteiger partial charge in [-0.25, -0.2) is 4.98 Å². The molecule has 0 atom stereocenters. The molecule has 0 radical (unpaired) electrons. The number of fused-ring (bicyclic) bond motifs is 2. The van der Waals surface area contributed by atoms with E-state index in [1.165, 1.54) is 21.7 Å². The summed E-state index contributed by atoms with van der Waals surface area (Å²) in [4.78, 5) is 4.57. The molecule has 0 spiro atoms. The smallest absolute Gasteiger partial charge is 0.129 e. The molecule has 3 aromatic carbocycles. The van der Waals surface area contributed by atoms with Gasteiger partial charge >= 0.3 is 0 Å². The molecular formula is C20H14ClN. The summed E-state index contributed by atoms with van der Waals surface area (Å²) in [5.74, 6) is 0. The summed E-state index contributed by atoms with van der Waals surface area (Å²) < 4.78 is 0. The number of rotatable bonds is 2. The van der Waals surface area contributed by atoms with Gasteiger partial charge < -0.3 is 0 Å². The molecule has 0 aliphatic heterocycles. The summed E-state index contributed by atoms with van der Waals surface area (Å²) in [6.45, 7) is 0. The number of aromatic nitrogens is 1. The van der Waals surface area contributed by atoms with Crippen LogP contribution < -0.4 is 0 Å². The average molecular weight is 304 g/mol. The number of benzene rings is 3. The Labute approximate surface area is 134 Å². The van der Waals surface area contributed by atoms with Gasteiger partial charge in [0, 0.05) is 11.8 Å². The largest absolute Gasteiger partial charge is 0.240 e. The van der Waals surface area contributed by atoms with Crippen LogP contribution in [0.4, 0.5) is 0 Å². The third-order valence-corrected chi connectivity index (χ3v) is 4.22. The molecular weight excluding hydrogens is 290 g/mol. The molecule has 0 unspecified atom stereocenters. The SMILES string of the molecule is Clc1cc2ccccc2c(Cc2cccc3ccccc23)n1. The molecule has 1 nitrogen and oxygen atoms in total. The molecule has 22 heavy (non-hydrogen) atoms. The molecule has 4 aromatic rings. The molecule has 1 aromatic heterocycles. The average Bonchev–Trinajstić information content (AvgIpc) is 2.55. The van der Waals surface area contributed by atoms with Crippen molar-refractivity contribution < 1.29 is 0 Å². The van der Waals surface area contributed by atoms with Crippen molar-refractivity contribution >= 4 is 33.1 Å². The summed E-state index contributed by atoms with van der Waals surface area (Å²) in [5, 5.41) is 5.38. The van der Waals surface area contributed by atoms with Crippen LogP contribution in [0.1, 0.15) is 11.3 Å². The van der Waals surface area contributed by atoms with E-state index in [-0.39, 0.29) is 0 Å². The Hall–Kier alpha value is -2.38. The van der Waals surface area contributed by atoms with Crippen molar-refractivity contribution in [2.24, 2.45) is 0 Å². The van der Waals surface area contributed by atoms with Crippen LogP contribution in [0.2, 0.25) is 5.15 Å². The summed E-state index contributed by atoms with van der Waals surface area (Å²) in [6.07, 6.45) is 0.780. The van der Waals surface area contributed by atoms with E-state index in [1.807, 2.05) is 18.2 Å². The Bertz CT molecular complexity index is 970. The minimum Gasteiger partial charge on any atom is -0.240 e. The van der Waals surface area contributed by atoms with Crippen molar-refractivity contribution in [3.8, 4) is 0 Å². The monoisotopic (exact) mass is 303 g/mol. The van der Waals surface area contributed by atoms with Gasteiger partial charge in [0.2, 0.25) is 0 Å². The quantitative estimate of drug-likeness (QED) is 0.437. The zero-order chi connectivity index (χ0) is 14.9. The van der Waals surface area contributed by atoms with Crippen LogP contribution in [-0.4, -0.2) is 4.98 Å². The van der Waals surface area contributed by atoms with Gasteiger partial charge in [0.1, 0.15) is 5.15 Å². The van der Waals surface area contributed by atoms with Crippen LogP contribution in [0.25, 0.3) is 21.5 Å². The second-order valence-electron chi connectivity index (χ2n) is 5.43. The molecule has 1 heterocycles. The van der Waals surface area contributed by atoms with E-state index in [0.29, 0.717) is 5.15 Å². The Balaban J connectivity index is 1.90. The Morgan fingerprint density at radius 1 is 0.727 bits per heavy atom. The lowest BCUT2D eigenvalue weighted by atomic mass is 9.98. The van der Waals surface area contributed by atoms with E-state index < -0.39 is 0 Å². The predicted molar refractivity (Wildman–Crippen MR) is 93.5 cm³/mol. The highest BCUT2D eigenvalue weighted by atomic mass is 35.5. The van der Waals surface area contributed by atoms with Crippen molar-refractivity contribution in [3.63, 3.8) is 0 Å². The van der Waals surface area contributed by atoms with Gasteiger partial charge in [0.25, 0.3) is 0 Å². The lowest BCUT2D eigenvalue weighted by Crippen LogP contribution is -1.95. The van der Waals surface area contributed by atoms with E-state index in [1.54, 1.807) is 0 Å². The molecule has 0 aliphatic rings. The maximum absolute atomic E-state index is 6.20. The normalized spacial score (nSPS) is 11.1. The second-order valence-corrected chi connectivity index (χ2v) is 5.82. The van der Waals surface area contributed by atoms with Gasteiger partial charge in [-0.15, -0.1) is 0 Å². The number of pyridine rings is 1. The van der Waals surface area contributed by atoms with E-state index in [2.05, 4.69) is 59.6 Å². The summed E-state index contributed by atoms with van der Waals surface area (Å²) >= 11 is 6.20. The van der Waals surface area contributed by atoms with Gasteiger partial charge in [-0.2, -0.15) is 0 Å². The van der Waals surface area contributed by atoms with Gasteiger partial charge in [0.15, 0.2) is 0 Å². The number of nitrogens with zero attached hydrogens (tertiary/aromatic N) is 1. The first-order valence-electron chi connectivity index (χ1n) is 7.32. The zero-order valence-corrected chi connectivity index (χ0v) is 12.7. The van der Waals surface area contributed by atoms with Crippen molar-refractivity contribution in [2.75, 3.05) is 0 Å². The maximum atomic E-state index is 6.20. The molecule has 4 rings (SSSR count). The molecule has 0 saturated carbocycles. The van der Waals surface area contributed by atoms with E-state index in [0.717, 1.165) is 17.5 Å². The lowest BCUT2D eigenvalue weighted by Gasteiger charge is -2.09. The molecule has 0 N–H and O–H groups in total. The van der Waals surface area contributed by atoms with Crippen molar-refractivity contribution in [2.45, 2.75) is 6.42 Å². The first kappa shape index (κ1) is 13.3. The molecule has 0 fully saturated rings. The molecule has 106 valence electrons. The van der Waals surface area contributed by atoms with Gasteiger partial charge in [-0.1, -0.05) is 78.3 Å². The third kappa shape index (κ3) is 2.34.